The van der Waals surface area contributed by atoms with E-state index in [0.29, 0.717) is 11.1 Å². The Hall–Kier alpha value is -1.84. The summed E-state index contributed by atoms with van der Waals surface area (Å²) in [5, 5.41) is 0. The lowest BCUT2D eigenvalue weighted by Gasteiger charge is -2.14. The minimum absolute atomic E-state index is 0.615. The summed E-state index contributed by atoms with van der Waals surface area (Å²) >= 11 is 0. The molecule has 2 aromatic rings. The average Bonchev–Trinajstić information content (AvgIpc) is 2.61. The van der Waals surface area contributed by atoms with Crippen molar-refractivity contribution in [3.63, 3.8) is 0 Å². The average molecular weight is 499 g/mol. The first-order valence-electron chi connectivity index (χ1n) is 8.10. The lowest BCUT2D eigenvalue weighted by atomic mass is 10.2. The molecule has 0 aliphatic carbocycles. The van der Waals surface area contributed by atoms with E-state index in [0.717, 1.165) is 31.2 Å². The van der Waals surface area contributed by atoms with E-state index in [2.05, 4.69) is 8.37 Å². The van der Waals surface area contributed by atoms with Crippen LogP contribution in [0.5, 0.6) is 0 Å². The van der Waals surface area contributed by atoms with E-state index in [-0.39, 0.29) is 0 Å². The van der Waals surface area contributed by atoms with Crippen LogP contribution in [0, 0.1) is 13.8 Å². The third-order valence-electron chi connectivity index (χ3n) is 3.66. The van der Waals surface area contributed by atoms with Crippen LogP contribution in [-0.2, 0) is 44.4 Å². The molecule has 166 valence electrons. The lowest BCUT2D eigenvalue weighted by molar-refractivity contribution is 0.0396. The molecule has 0 fully saturated rings. The number of rotatable bonds is 8. The zero-order valence-corrected chi connectivity index (χ0v) is 19.2. The van der Waals surface area contributed by atoms with Crippen molar-refractivity contribution >= 4 is 36.0 Å². The minimum atomic E-state index is -5.43. The third-order valence-corrected chi connectivity index (χ3v) is 12.3. The maximum Gasteiger partial charge on any atom is 0.382 e. The summed E-state index contributed by atoms with van der Waals surface area (Å²) in [7, 11) is -21.0. The molecule has 0 aromatic heterocycles. The summed E-state index contributed by atoms with van der Waals surface area (Å²) in [6.45, 7) is 4.03. The van der Waals surface area contributed by atoms with Crippen LogP contribution in [0.4, 0.5) is 0 Å². The van der Waals surface area contributed by atoms with Gasteiger partial charge in [0.1, 0.15) is 0 Å². The first kappa shape index (κ1) is 24.4. The van der Waals surface area contributed by atoms with Crippen molar-refractivity contribution < 1.29 is 42.0 Å². The Kier molecular flexibility index (Phi) is 6.81. The van der Waals surface area contributed by atoms with Gasteiger partial charge in [0.2, 0.25) is 0 Å². The van der Waals surface area contributed by atoms with Crippen LogP contribution >= 0.6 is 0 Å². The molecule has 30 heavy (non-hydrogen) atoms. The van der Waals surface area contributed by atoms with Gasteiger partial charge in [-0.25, -0.2) is 25.2 Å². The molecule has 0 saturated carbocycles. The van der Waals surface area contributed by atoms with Crippen LogP contribution in [0.2, 0.25) is 0 Å². The second-order valence-electron chi connectivity index (χ2n) is 6.11. The number of aryl methyl sites for hydroxylation is 2. The van der Waals surface area contributed by atoms with Gasteiger partial charge < -0.3 is 0 Å². The fourth-order valence-corrected chi connectivity index (χ4v) is 7.87. The highest BCUT2D eigenvalue weighted by Gasteiger charge is 2.39. The fraction of sp³-hybridized carbons (Fsp3) is 0.250. The van der Waals surface area contributed by atoms with Gasteiger partial charge in [-0.15, -0.1) is 0 Å². The van der Waals surface area contributed by atoms with Crippen molar-refractivity contribution in [1.82, 2.24) is 0 Å². The van der Waals surface area contributed by atoms with E-state index in [4.69, 9.17) is 0 Å². The van der Waals surface area contributed by atoms with Gasteiger partial charge in [0.15, 0.2) is 6.29 Å². The molecule has 0 bridgehead atoms. The van der Waals surface area contributed by atoms with Crippen molar-refractivity contribution in [2.45, 2.75) is 36.9 Å². The van der Waals surface area contributed by atoms with E-state index in [1.165, 1.54) is 24.3 Å². The Balaban J connectivity index is 2.27. The molecule has 0 radical (unpaired) electrons. The molecule has 2 rings (SSSR count). The topological polar surface area (TPSA) is 155 Å². The van der Waals surface area contributed by atoms with Gasteiger partial charge >= 0.3 is 36.0 Å². The molecule has 0 unspecified atom stereocenters. The number of hydrogen-bond acceptors (Lipinski definition) is 10. The molecule has 0 N–H and O–H groups in total. The summed E-state index contributed by atoms with van der Waals surface area (Å²) in [6, 6.07) is 9.49. The minimum Gasteiger partial charge on any atom is -0.225 e. The molecule has 0 amide bonds. The van der Waals surface area contributed by atoms with E-state index in [1.54, 1.807) is 13.8 Å². The highest BCUT2D eigenvalue weighted by Crippen LogP contribution is 2.24. The normalized spacial score (nSPS) is 13.5. The fourth-order valence-electron chi connectivity index (χ4n) is 2.10. The van der Waals surface area contributed by atoms with Gasteiger partial charge in [0, 0.05) is 0 Å². The lowest BCUT2D eigenvalue weighted by Crippen LogP contribution is -2.29. The molecule has 0 atom stereocenters. The smallest absolute Gasteiger partial charge is 0.225 e. The van der Waals surface area contributed by atoms with Crippen LogP contribution in [0.3, 0.4) is 0 Å². The van der Waals surface area contributed by atoms with Crippen molar-refractivity contribution in [1.29, 1.82) is 0 Å². The molecule has 10 nitrogen and oxygen atoms in total. The summed E-state index contributed by atoms with van der Waals surface area (Å²) in [5.74, 6) is 0. The second-order valence-corrected chi connectivity index (χ2v) is 16.0. The summed E-state index contributed by atoms with van der Waals surface area (Å²) < 4.78 is 106. The molecule has 14 heteroatoms. The highest BCUT2D eigenvalue weighted by molar-refractivity contribution is 8.65. The van der Waals surface area contributed by atoms with E-state index in [1.807, 2.05) is 0 Å². The van der Waals surface area contributed by atoms with Crippen LogP contribution in [0.25, 0.3) is 0 Å². The summed E-state index contributed by atoms with van der Waals surface area (Å²) in [4.78, 5) is -1.23. The van der Waals surface area contributed by atoms with E-state index in [9.17, 15) is 33.7 Å². The zero-order chi connectivity index (χ0) is 23.0. The van der Waals surface area contributed by atoms with Gasteiger partial charge in [0.05, 0.1) is 9.79 Å². The summed E-state index contributed by atoms with van der Waals surface area (Å²) in [5.41, 5.74) is 1.33. The summed E-state index contributed by atoms with van der Waals surface area (Å²) in [6.07, 6.45) is -2.28. The van der Waals surface area contributed by atoms with Crippen molar-refractivity contribution in [3.05, 3.63) is 59.7 Å². The third kappa shape index (κ3) is 4.90. The van der Waals surface area contributed by atoms with Gasteiger partial charge in [-0.2, -0.15) is 16.8 Å². The molecule has 0 aliphatic heterocycles. The van der Waals surface area contributed by atoms with Gasteiger partial charge in [-0.1, -0.05) is 35.4 Å². The Morgan fingerprint density at radius 1 is 0.567 bits per heavy atom. The van der Waals surface area contributed by atoms with Crippen LogP contribution in [-0.4, -0.2) is 40.0 Å². The highest BCUT2D eigenvalue weighted by atomic mass is 33.2. The monoisotopic (exact) mass is 498 g/mol. The maximum atomic E-state index is 12.3. The SMILES string of the molecule is Cc1ccc(S(=O)(=O)S(=O)(=O)OC(C)OS(=O)(=O)S(=O)(=O)c2ccc(C)cc2)cc1. The van der Waals surface area contributed by atoms with Crippen LogP contribution < -0.4 is 0 Å². The Morgan fingerprint density at radius 3 is 1.10 bits per heavy atom. The number of hydrogen-bond donors (Lipinski definition) is 0. The maximum absolute atomic E-state index is 12.3. The second kappa shape index (κ2) is 8.36. The largest absolute Gasteiger partial charge is 0.382 e. The molecular formula is C16H18O10S4. The Morgan fingerprint density at radius 2 is 0.833 bits per heavy atom. The molecule has 0 aliphatic rings. The molecule has 2 aromatic carbocycles. The zero-order valence-electron chi connectivity index (χ0n) is 15.9. The van der Waals surface area contributed by atoms with Gasteiger partial charge in [-0.3, -0.25) is 0 Å². The predicted octanol–water partition coefficient (Wildman–Crippen LogP) is 1.42. The van der Waals surface area contributed by atoms with E-state index < -0.39 is 52.1 Å². The predicted molar refractivity (Wildman–Crippen MR) is 106 cm³/mol. The molecule has 0 spiro atoms. The van der Waals surface area contributed by atoms with Crippen molar-refractivity contribution in [2.24, 2.45) is 0 Å². The molecule has 0 saturated heterocycles. The van der Waals surface area contributed by atoms with Crippen LogP contribution in [0.15, 0.2) is 58.3 Å². The standard InChI is InChI=1S/C16H18O10S4/c1-12-4-8-15(9-5-12)27(17,18)29(21,22)25-14(3)26-30(23,24)28(19,20)16-10-6-13(2)7-11-16/h4-11,14H,1-3H3. The quantitative estimate of drug-likeness (QED) is 0.385. The Labute approximate surface area is 174 Å². The van der Waals surface area contributed by atoms with Crippen LogP contribution in [0.1, 0.15) is 18.1 Å². The first-order valence-corrected chi connectivity index (χ1v) is 14.9. The molecule has 0 heterocycles. The Bertz CT molecular complexity index is 1230. The van der Waals surface area contributed by atoms with Gasteiger partial charge in [0.25, 0.3) is 0 Å². The van der Waals surface area contributed by atoms with E-state index >= 15 is 0 Å². The molecular weight excluding hydrogens is 480 g/mol. The first-order chi connectivity index (χ1) is 13.6. The van der Waals surface area contributed by atoms with Gasteiger partial charge in [-0.05, 0) is 45.0 Å². The number of benzene rings is 2. The van der Waals surface area contributed by atoms with Crippen molar-refractivity contribution in [2.75, 3.05) is 0 Å². The van der Waals surface area contributed by atoms with Crippen molar-refractivity contribution in [3.8, 4) is 0 Å².